The van der Waals surface area contributed by atoms with Crippen molar-refractivity contribution in [2.45, 2.75) is 38.9 Å². The average Bonchev–Trinajstić information content (AvgIpc) is 2.92. The first-order valence-corrected chi connectivity index (χ1v) is 8.45. The maximum absolute atomic E-state index is 12.5. The molecule has 3 heterocycles. The van der Waals surface area contributed by atoms with E-state index in [1.165, 1.54) is 11.8 Å². The van der Waals surface area contributed by atoms with Gasteiger partial charge in [0.25, 0.3) is 5.56 Å². The molecule has 1 unspecified atom stereocenters. The number of nitrogens with one attached hydrogen (secondary N) is 1. The molecule has 3 rings (SSSR count). The first-order chi connectivity index (χ1) is 11.0. The van der Waals surface area contributed by atoms with Crippen molar-refractivity contribution in [2.24, 2.45) is 5.92 Å². The SMILES string of the molecule is CCc1c(C)nc2n(c1=O)CC(C(=O)Nc1cc(C)on1)CS2. The van der Waals surface area contributed by atoms with Gasteiger partial charge in [0.15, 0.2) is 11.0 Å². The van der Waals surface area contributed by atoms with Gasteiger partial charge >= 0.3 is 0 Å². The predicted octanol–water partition coefficient (Wildman–Crippen LogP) is 1.77. The van der Waals surface area contributed by atoms with Crippen LogP contribution in [-0.2, 0) is 17.8 Å². The monoisotopic (exact) mass is 334 g/mol. The fourth-order valence-electron chi connectivity index (χ4n) is 2.61. The van der Waals surface area contributed by atoms with Crippen LogP contribution in [0.15, 0.2) is 20.5 Å². The zero-order chi connectivity index (χ0) is 16.6. The number of aryl methyl sites for hydroxylation is 2. The molecule has 0 spiro atoms. The third kappa shape index (κ3) is 3.03. The van der Waals surface area contributed by atoms with Crippen molar-refractivity contribution in [2.75, 3.05) is 11.1 Å². The van der Waals surface area contributed by atoms with Gasteiger partial charge in [-0.05, 0) is 20.3 Å². The summed E-state index contributed by atoms with van der Waals surface area (Å²) in [5.74, 6) is 1.14. The summed E-state index contributed by atoms with van der Waals surface area (Å²) in [6.45, 7) is 5.89. The van der Waals surface area contributed by atoms with Gasteiger partial charge in [-0.1, -0.05) is 23.8 Å². The summed E-state index contributed by atoms with van der Waals surface area (Å²) in [7, 11) is 0. The second kappa shape index (κ2) is 6.19. The van der Waals surface area contributed by atoms with Gasteiger partial charge in [0, 0.05) is 29.6 Å². The lowest BCUT2D eigenvalue weighted by molar-refractivity contribution is -0.119. The number of nitrogens with zero attached hydrogens (tertiary/aromatic N) is 3. The summed E-state index contributed by atoms with van der Waals surface area (Å²) in [4.78, 5) is 29.4. The Morgan fingerprint density at radius 2 is 2.30 bits per heavy atom. The van der Waals surface area contributed by atoms with Crippen molar-refractivity contribution >= 4 is 23.5 Å². The number of hydrogen-bond donors (Lipinski definition) is 1. The van der Waals surface area contributed by atoms with E-state index in [4.69, 9.17) is 4.52 Å². The standard InChI is InChI=1S/C15H18N4O3S/c1-4-11-9(3)16-15-19(14(11)21)6-10(7-23-15)13(20)17-12-5-8(2)22-18-12/h5,10H,4,6-7H2,1-3H3,(H,17,18,20). The highest BCUT2D eigenvalue weighted by molar-refractivity contribution is 7.99. The third-order valence-electron chi connectivity index (χ3n) is 3.85. The van der Waals surface area contributed by atoms with Gasteiger partial charge < -0.3 is 9.84 Å². The fourth-order valence-corrected chi connectivity index (χ4v) is 3.74. The number of amides is 1. The quantitative estimate of drug-likeness (QED) is 0.861. The minimum atomic E-state index is -0.309. The number of anilines is 1. The largest absolute Gasteiger partial charge is 0.360 e. The number of rotatable bonds is 3. The molecule has 8 heteroatoms. The van der Waals surface area contributed by atoms with Crippen molar-refractivity contribution in [3.63, 3.8) is 0 Å². The van der Waals surface area contributed by atoms with Crippen LogP contribution in [0.25, 0.3) is 0 Å². The molecule has 2 aromatic rings. The molecule has 2 aromatic heterocycles. The smallest absolute Gasteiger partial charge is 0.257 e. The molecular weight excluding hydrogens is 316 g/mol. The first-order valence-electron chi connectivity index (χ1n) is 7.47. The molecule has 23 heavy (non-hydrogen) atoms. The maximum Gasteiger partial charge on any atom is 0.257 e. The molecule has 0 aliphatic carbocycles. The van der Waals surface area contributed by atoms with Crippen LogP contribution >= 0.6 is 11.8 Å². The molecule has 1 aliphatic rings. The lowest BCUT2D eigenvalue weighted by Gasteiger charge is -2.24. The van der Waals surface area contributed by atoms with Gasteiger partial charge in [0.1, 0.15) is 5.76 Å². The lowest BCUT2D eigenvalue weighted by atomic mass is 10.1. The molecule has 1 aliphatic heterocycles. The molecule has 122 valence electrons. The van der Waals surface area contributed by atoms with Gasteiger partial charge in [-0.25, -0.2) is 4.98 Å². The molecular formula is C15H18N4O3S. The Kier molecular flexibility index (Phi) is 4.25. The van der Waals surface area contributed by atoms with Crippen LogP contribution in [0.1, 0.15) is 23.9 Å². The van der Waals surface area contributed by atoms with Crippen LogP contribution < -0.4 is 10.9 Å². The third-order valence-corrected chi connectivity index (χ3v) is 4.99. The number of carbonyl (C=O) groups excluding carboxylic acids is 1. The van der Waals surface area contributed by atoms with E-state index in [9.17, 15) is 9.59 Å². The zero-order valence-corrected chi connectivity index (χ0v) is 14.1. The number of aromatic nitrogens is 3. The van der Waals surface area contributed by atoms with Gasteiger partial charge in [0.05, 0.1) is 5.92 Å². The Balaban J connectivity index is 1.82. The highest BCUT2D eigenvalue weighted by Crippen LogP contribution is 2.26. The number of hydrogen-bond acceptors (Lipinski definition) is 6. The second-order valence-electron chi connectivity index (χ2n) is 5.55. The Labute approximate surface area is 137 Å². The van der Waals surface area contributed by atoms with Crippen LogP contribution in [0.2, 0.25) is 0 Å². The lowest BCUT2D eigenvalue weighted by Crippen LogP contribution is -2.38. The molecule has 0 aromatic carbocycles. The van der Waals surface area contributed by atoms with Crippen molar-refractivity contribution in [1.29, 1.82) is 0 Å². The van der Waals surface area contributed by atoms with Crippen molar-refractivity contribution in [3.05, 3.63) is 33.4 Å². The van der Waals surface area contributed by atoms with Crippen LogP contribution in [0, 0.1) is 19.8 Å². The number of carbonyl (C=O) groups is 1. The minimum absolute atomic E-state index is 0.0442. The van der Waals surface area contributed by atoms with E-state index < -0.39 is 0 Å². The van der Waals surface area contributed by atoms with Crippen molar-refractivity contribution < 1.29 is 9.32 Å². The van der Waals surface area contributed by atoms with Crippen molar-refractivity contribution in [3.8, 4) is 0 Å². The van der Waals surface area contributed by atoms with E-state index in [2.05, 4.69) is 15.5 Å². The molecule has 0 saturated heterocycles. The highest BCUT2D eigenvalue weighted by atomic mass is 32.2. The van der Waals surface area contributed by atoms with Gasteiger partial charge in [0.2, 0.25) is 5.91 Å². The maximum atomic E-state index is 12.5. The van der Waals surface area contributed by atoms with Crippen LogP contribution in [-0.4, -0.2) is 26.4 Å². The molecule has 0 radical (unpaired) electrons. The molecule has 1 atom stereocenters. The Morgan fingerprint density at radius 1 is 1.52 bits per heavy atom. The molecule has 1 N–H and O–H groups in total. The highest BCUT2D eigenvalue weighted by Gasteiger charge is 2.28. The van der Waals surface area contributed by atoms with E-state index in [0.29, 0.717) is 41.0 Å². The fraction of sp³-hybridized carbons (Fsp3) is 0.467. The normalized spacial score (nSPS) is 16.9. The van der Waals surface area contributed by atoms with E-state index in [1.807, 2.05) is 13.8 Å². The van der Waals surface area contributed by atoms with E-state index in [0.717, 1.165) is 5.69 Å². The number of thioether (sulfide) groups is 1. The van der Waals surface area contributed by atoms with Crippen molar-refractivity contribution in [1.82, 2.24) is 14.7 Å². The molecule has 0 saturated carbocycles. The average molecular weight is 334 g/mol. The zero-order valence-electron chi connectivity index (χ0n) is 13.3. The molecule has 0 bridgehead atoms. The number of fused-ring (bicyclic) bond motifs is 1. The summed E-state index contributed by atoms with van der Waals surface area (Å²) in [6, 6.07) is 1.66. The Hall–Kier alpha value is -2.09. The minimum Gasteiger partial charge on any atom is -0.360 e. The summed E-state index contributed by atoms with van der Waals surface area (Å²) >= 11 is 1.44. The van der Waals surface area contributed by atoms with Gasteiger partial charge in [-0.15, -0.1) is 0 Å². The van der Waals surface area contributed by atoms with Gasteiger partial charge in [-0.2, -0.15) is 0 Å². The molecule has 0 fully saturated rings. The summed E-state index contributed by atoms with van der Waals surface area (Å²) in [6.07, 6.45) is 0.637. The van der Waals surface area contributed by atoms with E-state index in [-0.39, 0.29) is 17.4 Å². The van der Waals surface area contributed by atoms with E-state index >= 15 is 0 Å². The van der Waals surface area contributed by atoms with E-state index in [1.54, 1.807) is 17.6 Å². The first kappa shape index (κ1) is 15.8. The Morgan fingerprint density at radius 3 is 2.96 bits per heavy atom. The molecule has 7 nitrogen and oxygen atoms in total. The van der Waals surface area contributed by atoms with Crippen LogP contribution in [0.4, 0.5) is 5.82 Å². The summed E-state index contributed by atoms with van der Waals surface area (Å²) in [5, 5.41) is 7.17. The summed E-state index contributed by atoms with van der Waals surface area (Å²) < 4.78 is 6.55. The Bertz CT molecular complexity index is 812. The second-order valence-corrected chi connectivity index (χ2v) is 6.53. The van der Waals surface area contributed by atoms with Gasteiger partial charge in [-0.3, -0.25) is 14.2 Å². The predicted molar refractivity (Wildman–Crippen MR) is 86.7 cm³/mol. The van der Waals surface area contributed by atoms with Crippen LogP contribution in [0.5, 0.6) is 0 Å². The molecule has 1 amide bonds. The van der Waals surface area contributed by atoms with Crippen LogP contribution in [0.3, 0.4) is 0 Å². The summed E-state index contributed by atoms with van der Waals surface area (Å²) in [5.41, 5.74) is 1.44. The topological polar surface area (TPSA) is 90.0 Å².